The molecule has 1 amide bonds. The van der Waals surface area contributed by atoms with E-state index in [1.807, 2.05) is 26.0 Å². The highest BCUT2D eigenvalue weighted by Gasteiger charge is 2.06. The van der Waals surface area contributed by atoms with Crippen LogP contribution in [0, 0.1) is 13.8 Å². The summed E-state index contributed by atoms with van der Waals surface area (Å²) in [5.74, 6) is 0.876. The van der Waals surface area contributed by atoms with Crippen LogP contribution in [0.5, 0.6) is 5.75 Å². The highest BCUT2D eigenvalue weighted by molar-refractivity contribution is 9.18. The van der Waals surface area contributed by atoms with Crippen molar-refractivity contribution < 1.29 is 9.53 Å². The van der Waals surface area contributed by atoms with Crippen LogP contribution in [-0.4, -0.2) is 11.9 Å². The molecule has 1 aromatic rings. The van der Waals surface area contributed by atoms with Crippen molar-refractivity contribution in [3.8, 4) is 5.75 Å². The highest BCUT2D eigenvalue weighted by atomic mass is 79.9. The summed E-state index contributed by atoms with van der Waals surface area (Å²) in [7, 11) is 1.65. The zero-order valence-corrected chi connectivity index (χ0v) is 10.6. The molecule has 1 rings (SSSR count). The van der Waals surface area contributed by atoms with Crippen LogP contribution in [0.2, 0.25) is 0 Å². The molecule has 0 saturated carbocycles. The SMILES string of the molecule is COc1ccc(CNC(=O)Br)c(C)c1C. The molecule has 0 unspecified atom stereocenters. The number of rotatable bonds is 3. The van der Waals surface area contributed by atoms with Gasteiger partial charge in [0.15, 0.2) is 0 Å². The maximum absolute atomic E-state index is 10.7. The lowest BCUT2D eigenvalue weighted by Crippen LogP contribution is -2.16. The van der Waals surface area contributed by atoms with Crippen LogP contribution in [-0.2, 0) is 6.54 Å². The average molecular weight is 272 g/mol. The van der Waals surface area contributed by atoms with E-state index in [2.05, 4.69) is 21.2 Å². The average Bonchev–Trinajstić information content (AvgIpc) is 2.20. The summed E-state index contributed by atoms with van der Waals surface area (Å²) in [6, 6.07) is 3.88. The first kappa shape index (κ1) is 12.0. The molecular formula is C11H14BrNO2. The van der Waals surface area contributed by atoms with Crippen molar-refractivity contribution in [2.75, 3.05) is 7.11 Å². The van der Waals surface area contributed by atoms with Crippen LogP contribution in [0.25, 0.3) is 0 Å². The Morgan fingerprint density at radius 3 is 2.60 bits per heavy atom. The van der Waals surface area contributed by atoms with Gasteiger partial charge >= 0.3 is 0 Å². The van der Waals surface area contributed by atoms with E-state index in [0.717, 1.165) is 22.4 Å². The van der Waals surface area contributed by atoms with Crippen molar-refractivity contribution in [2.24, 2.45) is 0 Å². The third kappa shape index (κ3) is 2.96. The van der Waals surface area contributed by atoms with Gasteiger partial charge in [-0.05, 0) is 36.6 Å². The fourth-order valence-electron chi connectivity index (χ4n) is 1.43. The molecule has 0 spiro atoms. The molecule has 0 bridgehead atoms. The Labute approximate surface area is 97.9 Å². The molecule has 0 atom stereocenters. The molecule has 0 saturated heterocycles. The van der Waals surface area contributed by atoms with E-state index < -0.39 is 0 Å². The topological polar surface area (TPSA) is 38.3 Å². The maximum Gasteiger partial charge on any atom is 0.287 e. The molecular weight excluding hydrogens is 258 g/mol. The standard InChI is InChI=1S/C11H14BrNO2/c1-7-8(2)10(15-3)5-4-9(7)6-13-11(12)14/h4-5H,6H2,1-3H3,(H,13,14). The summed E-state index contributed by atoms with van der Waals surface area (Å²) in [6.45, 7) is 4.56. The quantitative estimate of drug-likeness (QED) is 0.678. The van der Waals surface area contributed by atoms with E-state index in [1.54, 1.807) is 7.11 Å². The van der Waals surface area contributed by atoms with Crippen LogP contribution in [0.3, 0.4) is 0 Å². The minimum absolute atomic E-state index is 0.199. The first-order valence-corrected chi connectivity index (χ1v) is 5.42. The van der Waals surface area contributed by atoms with E-state index in [-0.39, 0.29) is 4.82 Å². The second-order valence-corrected chi connectivity index (χ2v) is 4.02. The van der Waals surface area contributed by atoms with Gasteiger partial charge in [0, 0.05) is 22.5 Å². The number of nitrogens with one attached hydrogen (secondary N) is 1. The molecule has 0 aromatic heterocycles. The molecule has 0 heterocycles. The first-order valence-electron chi connectivity index (χ1n) is 4.62. The monoisotopic (exact) mass is 271 g/mol. The van der Waals surface area contributed by atoms with Gasteiger partial charge in [0.1, 0.15) is 5.75 Å². The van der Waals surface area contributed by atoms with Gasteiger partial charge in [0.2, 0.25) is 0 Å². The van der Waals surface area contributed by atoms with E-state index in [0.29, 0.717) is 6.54 Å². The second kappa shape index (κ2) is 5.16. The Kier molecular flexibility index (Phi) is 4.15. The van der Waals surface area contributed by atoms with Crippen molar-refractivity contribution in [2.45, 2.75) is 20.4 Å². The van der Waals surface area contributed by atoms with Crippen LogP contribution < -0.4 is 10.1 Å². The lowest BCUT2D eigenvalue weighted by molar-refractivity contribution is 0.261. The van der Waals surface area contributed by atoms with Crippen LogP contribution in [0.15, 0.2) is 12.1 Å². The minimum atomic E-state index is -0.199. The zero-order chi connectivity index (χ0) is 11.4. The molecule has 3 nitrogen and oxygen atoms in total. The summed E-state index contributed by atoms with van der Waals surface area (Å²) >= 11 is 2.83. The molecule has 0 aliphatic heterocycles. The Hall–Kier alpha value is -1.03. The van der Waals surface area contributed by atoms with Gasteiger partial charge in [-0.1, -0.05) is 6.07 Å². The number of benzene rings is 1. The largest absolute Gasteiger partial charge is 0.496 e. The van der Waals surface area contributed by atoms with E-state index in [9.17, 15) is 4.79 Å². The molecule has 1 aromatic carbocycles. The summed E-state index contributed by atoms with van der Waals surface area (Å²) in [6.07, 6.45) is 0. The molecule has 0 aliphatic rings. The number of carbonyl (C=O) groups is 1. The van der Waals surface area contributed by atoms with E-state index in [1.165, 1.54) is 0 Å². The molecule has 0 fully saturated rings. The number of ether oxygens (including phenoxy) is 1. The van der Waals surface area contributed by atoms with Gasteiger partial charge in [-0.2, -0.15) is 0 Å². The zero-order valence-electron chi connectivity index (χ0n) is 9.06. The predicted octanol–water partition coefficient (Wildman–Crippen LogP) is 2.92. The number of amides is 1. The van der Waals surface area contributed by atoms with E-state index >= 15 is 0 Å². The van der Waals surface area contributed by atoms with Crippen LogP contribution >= 0.6 is 15.9 Å². The summed E-state index contributed by atoms with van der Waals surface area (Å²) < 4.78 is 5.21. The van der Waals surface area contributed by atoms with Gasteiger partial charge < -0.3 is 10.1 Å². The number of hydrogen-bond acceptors (Lipinski definition) is 2. The third-order valence-corrected chi connectivity index (χ3v) is 2.77. The Balaban J connectivity index is 2.91. The fourth-order valence-corrected chi connectivity index (χ4v) is 1.57. The Morgan fingerprint density at radius 1 is 1.40 bits per heavy atom. The normalized spacial score (nSPS) is 9.87. The first-order chi connectivity index (χ1) is 7.06. The Morgan fingerprint density at radius 2 is 2.07 bits per heavy atom. The van der Waals surface area contributed by atoms with Crippen molar-refractivity contribution in [3.63, 3.8) is 0 Å². The number of halogens is 1. The van der Waals surface area contributed by atoms with Gasteiger partial charge in [-0.3, -0.25) is 4.79 Å². The lowest BCUT2D eigenvalue weighted by atomic mass is 10.0. The molecule has 15 heavy (non-hydrogen) atoms. The fraction of sp³-hybridized carbons (Fsp3) is 0.364. The molecule has 0 radical (unpaired) electrons. The molecule has 1 N–H and O–H groups in total. The number of carbonyl (C=O) groups excluding carboxylic acids is 1. The highest BCUT2D eigenvalue weighted by Crippen LogP contribution is 2.23. The van der Waals surface area contributed by atoms with Crippen molar-refractivity contribution in [1.29, 1.82) is 0 Å². The van der Waals surface area contributed by atoms with Gasteiger partial charge in [-0.15, -0.1) is 0 Å². The van der Waals surface area contributed by atoms with Gasteiger partial charge in [0.25, 0.3) is 4.82 Å². The van der Waals surface area contributed by atoms with Crippen molar-refractivity contribution in [1.82, 2.24) is 5.32 Å². The molecule has 4 heteroatoms. The van der Waals surface area contributed by atoms with Gasteiger partial charge in [0.05, 0.1) is 7.11 Å². The van der Waals surface area contributed by atoms with Crippen molar-refractivity contribution >= 4 is 20.7 Å². The summed E-state index contributed by atoms with van der Waals surface area (Å²) in [5.41, 5.74) is 3.36. The predicted molar refractivity (Wildman–Crippen MR) is 63.6 cm³/mol. The van der Waals surface area contributed by atoms with E-state index in [4.69, 9.17) is 4.74 Å². The molecule has 82 valence electrons. The summed E-state index contributed by atoms with van der Waals surface area (Å²) in [4.78, 5) is 10.5. The maximum atomic E-state index is 10.7. The van der Waals surface area contributed by atoms with Crippen LogP contribution in [0.1, 0.15) is 16.7 Å². The second-order valence-electron chi connectivity index (χ2n) is 3.30. The van der Waals surface area contributed by atoms with Gasteiger partial charge in [-0.25, -0.2) is 0 Å². The Bertz CT molecular complexity index is 377. The number of methoxy groups -OCH3 is 1. The molecule has 0 aliphatic carbocycles. The lowest BCUT2D eigenvalue weighted by Gasteiger charge is -2.12. The summed E-state index contributed by atoms with van der Waals surface area (Å²) in [5, 5.41) is 2.70. The smallest absolute Gasteiger partial charge is 0.287 e. The third-order valence-electron chi connectivity index (χ3n) is 2.49. The van der Waals surface area contributed by atoms with Crippen molar-refractivity contribution in [3.05, 3.63) is 28.8 Å². The minimum Gasteiger partial charge on any atom is -0.496 e. The number of hydrogen-bond donors (Lipinski definition) is 1. The van der Waals surface area contributed by atoms with Crippen LogP contribution in [0.4, 0.5) is 4.79 Å².